The highest BCUT2D eigenvalue weighted by Crippen LogP contribution is 2.47. The molecule has 9 nitrogen and oxygen atoms in total. The highest BCUT2D eigenvalue weighted by Gasteiger charge is 2.62. The van der Waals surface area contributed by atoms with Crippen LogP contribution in [0, 0.1) is 5.41 Å². The van der Waals surface area contributed by atoms with Gasteiger partial charge in [0.25, 0.3) is 0 Å². The first kappa shape index (κ1) is 25.4. The fourth-order valence-electron chi connectivity index (χ4n) is 5.86. The second-order valence-corrected chi connectivity index (χ2v) is 10.1. The Morgan fingerprint density at radius 1 is 1.08 bits per heavy atom. The van der Waals surface area contributed by atoms with Crippen LogP contribution in [0.25, 0.3) is 0 Å². The Labute approximate surface area is 221 Å². The number of nitrogens with zero attached hydrogens (tertiary/aromatic N) is 3. The summed E-state index contributed by atoms with van der Waals surface area (Å²) in [5.74, 6) is 0.138. The molecule has 2 aromatic rings. The van der Waals surface area contributed by atoms with Crippen molar-refractivity contribution in [2.75, 3.05) is 51.8 Å². The first-order chi connectivity index (χ1) is 17.8. The van der Waals surface area contributed by atoms with E-state index in [0.717, 1.165) is 29.9 Å². The molecule has 0 aliphatic carbocycles. The maximum atomic E-state index is 14.3. The minimum Gasteiger partial charge on any atom is -0.493 e. The molecular formula is C27H31ClN4O5. The highest BCUT2D eigenvalue weighted by molar-refractivity contribution is 6.32. The van der Waals surface area contributed by atoms with Crippen LogP contribution >= 0.6 is 11.6 Å². The van der Waals surface area contributed by atoms with Crippen LogP contribution in [0.4, 0.5) is 10.5 Å². The number of carbonyl (C=O) groups is 3. The molecule has 1 spiro atoms. The van der Waals surface area contributed by atoms with Crippen molar-refractivity contribution in [2.45, 2.75) is 25.8 Å². The summed E-state index contributed by atoms with van der Waals surface area (Å²) in [6.07, 6.45) is 0.544. The van der Waals surface area contributed by atoms with Crippen LogP contribution in [0.1, 0.15) is 18.1 Å². The maximum absolute atomic E-state index is 14.3. The molecule has 1 N–H and O–H groups in total. The summed E-state index contributed by atoms with van der Waals surface area (Å²) in [4.78, 5) is 46.4. The average Bonchev–Trinajstić information content (AvgIpc) is 2.91. The van der Waals surface area contributed by atoms with E-state index >= 15 is 0 Å². The van der Waals surface area contributed by atoms with Gasteiger partial charge < -0.3 is 14.4 Å². The van der Waals surface area contributed by atoms with Crippen molar-refractivity contribution in [1.29, 1.82) is 0 Å². The molecule has 2 saturated heterocycles. The maximum Gasteiger partial charge on any atom is 0.330 e. The largest absolute Gasteiger partial charge is 0.493 e. The van der Waals surface area contributed by atoms with E-state index < -0.39 is 29.3 Å². The van der Waals surface area contributed by atoms with E-state index in [4.69, 9.17) is 21.1 Å². The van der Waals surface area contributed by atoms with E-state index in [2.05, 4.69) is 22.0 Å². The number of hydrogen-bond acceptors (Lipinski definition) is 7. The molecule has 0 saturated carbocycles. The Hall–Kier alpha value is -3.30. The molecule has 10 heteroatoms. The average molecular weight is 527 g/mol. The quantitative estimate of drug-likeness (QED) is 0.579. The van der Waals surface area contributed by atoms with Crippen LogP contribution in [-0.4, -0.2) is 80.6 Å². The molecule has 0 radical (unpaired) electrons. The normalized spacial score (nSPS) is 23.6. The summed E-state index contributed by atoms with van der Waals surface area (Å²) in [5.41, 5.74) is 1.13. The van der Waals surface area contributed by atoms with Crippen molar-refractivity contribution in [2.24, 2.45) is 5.41 Å². The third-order valence-corrected chi connectivity index (χ3v) is 8.26. The summed E-state index contributed by atoms with van der Waals surface area (Å²) in [7, 11) is 3.12. The lowest BCUT2D eigenvalue weighted by Gasteiger charge is -2.55. The molecule has 196 valence electrons. The van der Waals surface area contributed by atoms with E-state index in [1.807, 2.05) is 24.3 Å². The zero-order chi connectivity index (χ0) is 26.3. The topological polar surface area (TPSA) is 91.4 Å². The zero-order valence-corrected chi connectivity index (χ0v) is 22.0. The number of piperazine rings is 1. The first-order valence-electron chi connectivity index (χ1n) is 12.5. The fourth-order valence-corrected chi connectivity index (χ4v) is 6.10. The van der Waals surface area contributed by atoms with Crippen molar-refractivity contribution in [3.8, 4) is 11.5 Å². The first-order valence-corrected chi connectivity index (χ1v) is 12.9. The molecule has 37 heavy (non-hydrogen) atoms. The van der Waals surface area contributed by atoms with Crippen LogP contribution < -0.4 is 19.7 Å². The summed E-state index contributed by atoms with van der Waals surface area (Å²) >= 11 is 6.60. The number of anilines is 1. The number of barbiturate groups is 1. The van der Waals surface area contributed by atoms with Gasteiger partial charge in [0.2, 0.25) is 11.8 Å². The number of rotatable bonds is 6. The van der Waals surface area contributed by atoms with Gasteiger partial charge in [-0.2, -0.15) is 0 Å². The Bertz CT molecular complexity index is 1250. The number of nitrogens with one attached hydrogen (secondary N) is 1. The number of benzene rings is 2. The molecule has 2 aromatic carbocycles. The zero-order valence-electron chi connectivity index (χ0n) is 21.3. The lowest BCUT2D eigenvalue weighted by Crippen LogP contribution is -2.75. The van der Waals surface area contributed by atoms with Gasteiger partial charge in [0.1, 0.15) is 0 Å². The van der Waals surface area contributed by atoms with Crippen molar-refractivity contribution in [3.63, 3.8) is 0 Å². The van der Waals surface area contributed by atoms with E-state index in [-0.39, 0.29) is 13.0 Å². The number of fused-ring (bicyclic) bond motifs is 4. The van der Waals surface area contributed by atoms with Crippen LogP contribution in [0.3, 0.4) is 0 Å². The van der Waals surface area contributed by atoms with Gasteiger partial charge in [-0.25, -0.2) is 4.79 Å². The molecule has 3 aliphatic heterocycles. The van der Waals surface area contributed by atoms with Gasteiger partial charge in [-0.3, -0.25) is 24.7 Å². The Morgan fingerprint density at radius 3 is 2.59 bits per heavy atom. The number of carbonyl (C=O) groups excluding carboxylic acids is 3. The van der Waals surface area contributed by atoms with E-state index in [0.29, 0.717) is 36.0 Å². The second kappa shape index (κ2) is 9.87. The highest BCUT2D eigenvalue weighted by atomic mass is 35.5. The Kier molecular flexibility index (Phi) is 6.76. The predicted octanol–water partition coefficient (Wildman–Crippen LogP) is 2.73. The minimum absolute atomic E-state index is 0.120. The molecule has 5 rings (SSSR count). The van der Waals surface area contributed by atoms with Crippen molar-refractivity contribution < 1.29 is 23.9 Å². The number of hydrogen-bond donors (Lipinski definition) is 1. The standard InChI is InChI=1S/C27H31ClN4O5/c1-4-30-12-13-31-20-7-5-6-19(28)18(20)15-27(23(31)16-30)24(33)29-26(35)32(25(27)34)11-10-17-8-9-21(36-2)22(14-17)37-3/h5-9,14,23H,4,10-13,15-16H2,1-3H3,(H,29,33,35)/t23-,27+/m1/s1. The smallest absolute Gasteiger partial charge is 0.330 e. The molecule has 0 bridgehead atoms. The third kappa shape index (κ3) is 4.10. The predicted molar refractivity (Wildman–Crippen MR) is 139 cm³/mol. The van der Waals surface area contributed by atoms with Crippen LogP contribution in [0.15, 0.2) is 36.4 Å². The van der Waals surface area contributed by atoms with Gasteiger partial charge in [0, 0.05) is 43.3 Å². The van der Waals surface area contributed by atoms with Gasteiger partial charge in [-0.15, -0.1) is 0 Å². The Morgan fingerprint density at radius 2 is 1.86 bits per heavy atom. The number of halogens is 1. The van der Waals surface area contributed by atoms with Gasteiger partial charge >= 0.3 is 6.03 Å². The van der Waals surface area contributed by atoms with Gasteiger partial charge in [-0.05, 0) is 48.4 Å². The van der Waals surface area contributed by atoms with E-state index in [1.54, 1.807) is 26.4 Å². The van der Waals surface area contributed by atoms with Crippen molar-refractivity contribution in [3.05, 3.63) is 52.5 Å². The lowest BCUT2D eigenvalue weighted by molar-refractivity contribution is -0.154. The molecule has 2 atom stereocenters. The summed E-state index contributed by atoms with van der Waals surface area (Å²) in [6.45, 7) is 5.01. The van der Waals surface area contributed by atoms with Crippen molar-refractivity contribution in [1.82, 2.24) is 15.1 Å². The summed E-state index contributed by atoms with van der Waals surface area (Å²) in [5, 5.41) is 3.02. The van der Waals surface area contributed by atoms with Gasteiger partial charge in [-0.1, -0.05) is 30.7 Å². The number of ether oxygens (including phenoxy) is 2. The van der Waals surface area contributed by atoms with Gasteiger partial charge in [0.05, 0.1) is 20.3 Å². The van der Waals surface area contributed by atoms with Crippen LogP contribution in [0.2, 0.25) is 5.02 Å². The fraction of sp³-hybridized carbons (Fsp3) is 0.444. The number of likely N-dealkylation sites (N-methyl/N-ethyl adjacent to an activating group) is 1. The third-order valence-electron chi connectivity index (χ3n) is 7.91. The second-order valence-electron chi connectivity index (χ2n) is 9.64. The number of urea groups is 1. The van der Waals surface area contributed by atoms with Crippen LogP contribution in [-0.2, 0) is 22.4 Å². The number of amides is 4. The van der Waals surface area contributed by atoms with Gasteiger partial charge in [0.15, 0.2) is 16.9 Å². The minimum atomic E-state index is -1.46. The molecule has 4 amide bonds. The van der Waals surface area contributed by atoms with Crippen LogP contribution in [0.5, 0.6) is 11.5 Å². The number of methoxy groups -OCH3 is 2. The van der Waals surface area contributed by atoms with E-state index in [1.165, 1.54) is 4.90 Å². The molecule has 0 unspecified atom stereocenters. The molecule has 3 aliphatic rings. The van der Waals surface area contributed by atoms with Crippen molar-refractivity contribution >= 4 is 35.1 Å². The molecule has 0 aromatic heterocycles. The summed E-state index contributed by atoms with van der Waals surface area (Å²) < 4.78 is 10.7. The summed E-state index contributed by atoms with van der Waals surface area (Å²) in [6, 6.07) is 10.0. The SMILES string of the molecule is CCN1CCN2c3cccc(Cl)c3C[C@@]3(C(=O)NC(=O)N(CCc4ccc(OC)c(OC)c4)C3=O)[C@H]2C1. The Balaban J connectivity index is 1.50. The van der Waals surface area contributed by atoms with E-state index in [9.17, 15) is 14.4 Å². The molecule has 3 heterocycles. The monoisotopic (exact) mass is 526 g/mol. The molecule has 2 fully saturated rings. The number of imide groups is 2. The lowest BCUT2D eigenvalue weighted by atomic mass is 9.67. The molecular weight excluding hydrogens is 496 g/mol.